The maximum absolute atomic E-state index is 14.2. The Morgan fingerprint density at radius 2 is 0.968 bits per heavy atom. The Kier molecular flexibility index (Phi) is 23.2. The van der Waals surface area contributed by atoms with Crippen LogP contribution < -0.4 is 11.2 Å². The predicted octanol–water partition coefficient (Wildman–Crippen LogP) is 18.1. The first kappa shape index (κ1) is 81.9. The van der Waals surface area contributed by atoms with E-state index in [0.29, 0.717) is 91.9 Å². The standard InChI is InChI=1S/C15H15FN4S.C15H17N5O.C14H14ClN5O.C14H15N5OS.C14H15N5O.C13H14N6O2/c1-9-6-11(21-7-9)13-12-14(16)17-8-18-15(12)20(19-13)10-4-2-3-5-10;1-9-7-18-21-14(9)13-12-10(2)16-8-17-15(12)20(19-13)11-5-3-4-6-11;1-8-6-10(21-19-8)12-11-13(15)16-7-17-14(11)20(18-12)9-4-2-3-5-9;1-8-6-11(21-18-8)12-10-7-15-14(20)16-13(10)19(17-12)9-4-2-3-5-9;1-9-6-12(20-18-9)13-11-7-15-8-16-14(11)19(17-13)10-4-2-3-5-10;1-7-16-13(21-18-7)10-9-11(14-6-15-12(9)20)19(17-10)8-4-2-3-5-8/h6-8,10H,2-5H2,1H3;7-8,11H,3-6H2,1-2H3;6-7,9H,2-5H2,1H3;6-7,9H,2-5H2,1H3,(H,15,16,20);6-8,10H,2-5H2,1H3;6,8H,2-5H2,1H3,(H,14,15,20). The van der Waals surface area contributed by atoms with Crippen molar-refractivity contribution in [3.8, 4) is 67.1 Å². The third-order valence-electron chi connectivity index (χ3n) is 24.2. The van der Waals surface area contributed by atoms with Crippen LogP contribution in [0.2, 0.25) is 5.15 Å². The van der Waals surface area contributed by atoms with Crippen molar-refractivity contribution < 1.29 is 22.5 Å². The molecule has 0 aliphatic heterocycles. The number of aromatic amines is 2. The molecule has 18 aromatic rings. The number of fused-ring (bicyclic) bond motifs is 6. The molecule has 18 heterocycles. The van der Waals surface area contributed by atoms with Crippen LogP contribution in [0.25, 0.3) is 133 Å². The van der Waals surface area contributed by atoms with Crippen molar-refractivity contribution in [1.82, 2.24) is 148 Å². The zero-order valence-corrected chi connectivity index (χ0v) is 72.4. The molecule has 40 heteroatoms. The van der Waals surface area contributed by atoms with E-state index in [2.05, 4.69) is 105 Å². The molecule has 36 nitrogen and oxygen atoms in total. The number of H-pyrrole nitrogens is 2. The van der Waals surface area contributed by atoms with Gasteiger partial charge in [-0.1, -0.05) is 109 Å². The zero-order valence-electron chi connectivity index (χ0n) is 70.0. The summed E-state index contributed by atoms with van der Waals surface area (Å²) in [5, 5.41) is 50.6. The Bertz CT molecular complexity index is 6860. The topological polar surface area (TPSA) is 431 Å². The van der Waals surface area contributed by atoms with E-state index < -0.39 is 5.95 Å². The summed E-state index contributed by atoms with van der Waals surface area (Å²) in [7, 11) is 0. The number of rotatable bonds is 12. The van der Waals surface area contributed by atoms with E-state index in [9.17, 15) is 14.0 Å². The van der Waals surface area contributed by atoms with Crippen LogP contribution in [0.3, 0.4) is 0 Å². The molecule has 2 N–H and O–H groups in total. The van der Waals surface area contributed by atoms with Crippen molar-refractivity contribution in [2.75, 3.05) is 0 Å². The lowest BCUT2D eigenvalue weighted by Crippen LogP contribution is -2.13. The summed E-state index contributed by atoms with van der Waals surface area (Å²) in [6, 6.07) is 10.0. The minimum absolute atomic E-state index is 0.241. The van der Waals surface area contributed by atoms with Crippen LogP contribution in [-0.4, -0.2) is 148 Å². The van der Waals surface area contributed by atoms with Gasteiger partial charge in [0.25, 0.3) is 11.4 Å². The highest BCUT2D eigenvalue weighted by atomic mass is 35.5. The average Bonchev–Trinajstić information content (AvgIpc) is 2.05. The fourth-order valence-electron chi connectivity index (χ4n) is 18.1. The number of thiophene rings is 1. The molecule has 6 aliphatic rings. The van der Waals surface area contributed by atoms with Gasteiger partial charge >= 0.3 is 5.69 Å². The van der Waals surface area contributed by atoms with E-state index in [4.69, 9.17) is 55.2 Å². The van der Waals surface area contributed by atoms with Gasteiger partial charge in [0, 0.05) is 30.1 Å². The third-order valence-corrected chi connectivity index (χ3v) is 26.4. The maximum atomic E-state index is 14.2. The van der Waals surface area contributed by atoms with Crippen LogP contribution in [0.1, 0.15) is 230 Å². The van der Waals surface area contributed by atoms with Gasteiger partial charge < -0.3 is 23.1 Å². The Balaban J connectivity index is 0.0000000982. The van der Waals surface area contributed by atoms with Gasteiger partial charge in [0.05, 0.1) is 103 Å². The van der Waals surface area contributed by atoms with Gasteiger partial charge in [0.1, 0.15) is 75.4 Å². The zero-order chi connectivity index (χ0) is 85.5. The highest BCUT2D eigenvalue weighted by molar-refractivity contribution is 7.13. The monoisotopic (exact) mass is 1740 g/mol. The highest BCUT2D eigenvalue weighted by Gasteiger charge is 2.33. The fraction of sp³-hybridized carbons (Fsp3) is 0.435. The van der Waals surface area contributed by atoms with E-state index >= 15 is 0 Å². The van der Waals surface area contributed by atoms with Gasteiger partial charge in [-0.25, -0.2) is 82.7 Å². The molecule has 0 amide bonds. The van der Waals surface area contributed by atoms with Gasteiger partial charge in [-0.05, 0) is 160 Å². The minimum atomic E-state index is -0.481. The Morgan fingerprint density at radius 1 is 0.448 bits per heavy atom. The first-order valence-corrected chi connectivity index (χ1v) is 44.7. The van der Waals surface area contributed by atoms with Gasteiger partial charge in [-0.3, -0.25) is 9.78 Å². The van der Waals surface area contributed by atoms with Crippen molar-refractivity contribution in [2.45, 2.75) is 239 Å². The number of aromatic nitrogens is 30. The molecule has 0 spiro atoms. The molecule has 642 valence electrons. The van der Waals surface area contributed by atoms with E-state index in [0.717, 1.165) is 188 Å². The second-order valence-corrected chi connectivity index (χ2v) is 35.0. The smallest absolute Gasteiger partial charge is 0.346 e. The SMILES string of the molecule is Cc1cc(-c2nn(C3CCCC3)c3[nH]c(=O)ncc23)sn1.Cc1cc(-c2nn(C3CCCC3)c3ncnc(Cl)c23)on1.Cc1cc(-c2nn(C3CCCC3)c3ncncc23)on1.Cc1cnoc1-c1nn(C2CCCC2)c2ncnc(C)c12.Cc1csc(-c2nn(C3CCCC3)c3ncnc(F)c23)c1.Cc1noc(-c2nn(C3CCCC3)c3nc[nH]c(=O)c23)n1. The van der Waals surface area contributed by atoms with Crippen molar-refractivity contribution >= 4 is 101 Å². The van der Waals surface area contributed by atoms with Crippen LogP contribution >= 0.6 is 34.5 Å². The minimum Gasteiger partial charge on any atom is -0.354 e. The number of hydrogen-bond donors (Lipinski definition) is 2. The maximum Gasteiger partial charge on any atom is 0.346 e. The summed E-state index contributed by atoms with van der Waals surface area (Å²) < 4.78 is 51.7. The lowest BCUT2D eigenvalue weighted by molar-refractivity contribution is 0.421. The highest BCUT2D eigenvalue weighted by Crippen LogP contribution is 2.44. The molecule has 18 aromatic heterocycles. The molecule has 6 fully saturated rings. The van der Waals surface area contributed by atoms with E-state index in [1.807, 2.05) is 89.2 Å². The van der Waals surface area contributed by atoms with Crippen LogP contribution in [0.4, 0.5) is 4.39 Å². The summed E-state index contributed by atoms with van der Waals surface area (Å²) in [6.45, 7) is 13.5. The Hall–Kier alpha value is -12.8. The van der Waals surface area contributed by atoms with Gasteiger partial charge in [-0.15, -0.1) is 11.3 Å². The van der Waals surface area contributed by atoms with Crippen LogP contribution in [0.15, 0.2) is 108 Å². The molecular weight excluding hydrogens is 1660 g/mol. The molecule has 0 atom stereocenters. The van der Waals surface area contributed by atoms with Crippen molar-refractivity contribution in [2.24, 2.45) is 0 Å². The second-order valence-electron chi connectivity index (χ2n) is 32.9. The summed E-state index contributed by atoms with van der Waals surface area (Å²) in [6.07, 6.45) is 40.5. The lowest BCUT2D eigenvalue weighted by atomic mass is 10.1. The summed E-state index contributed by atoms with van der Waals surface area (Å²) >= 11 is 9.29. The predicted molar refractivity (Wildman–Crippen MR) is 465 cm³/mol. The van der Waals surface area contributed by atoms with Crippen molar-refractivity contribution in [1.29, 1.82) is 0 Å². The Morgan fingerprint density at radius 3 is 1.52 bits per heavy atom. The molecular formula is C85H90ClFN30O6S2. The second kappa shape index (κ2) is 35.5. The lowest BCUT2D eigenvalue weighted by Gasteiger charge is -2.10. The fourth-order valence-corrected chi connectivity index (χ4v) is 20.0. The first-order chi connectivity index (χ1) is 61.0. The molecule has 0 saturated heterocycles. The molecule has 0 radical (unpaired) electrons. The Labute approximate surface area is 724 Å². The summed E-state index contributed by atoms with van der Waals surface area (Å²) in [5.41, 5.74) is 13.9. The molecule has 24 rings (SSSR count). The number of halogens is 2. The number of hydrogen-bond acceptors (Lipinski definition) is 30. The molecule has 6 aliphatic carbocycles. The van der Waals surface area contributed by atoms with Gasteiger partial charge in [0.2, 0.25) is 5.95 Å². The third kappa shape index (κ3) is 16.4. The van der Waals surface area contributed by atoms with E-state index in [-0.39, 0.29) is 23.2 Å². The first-order valence-electron chi connectivity index (χ1n) is 42.7. The average molecular weight is 1750 g/mol. The summed E-state index contributed by atoms with van der Waals surface area (Å²) in [5.74, 6) is 2.28. The number of nitrogens with zero attached hydrogens (tertiary/aromatic N) is 28. The number of nitrogens with one attached hydrogen (secondary N) is 2. The van der Waals surface area contributed by atoms with Crippen molar-refractivity contribution in [3.05, 3.63) is 152 Å². The quantitative estimate of drug-likeness (QED) is 0.107. The summed E-state index contributed by atoms with van der Waals surface area (Å²) in [4.78, 5) is 77.3. The molecule has 125 heavy (non-hydrogen) atoms. The van der Waals surface area contributed by atoms with E-state index in [1.54, 1.807) is 49.5 Å². The van der Waals surface area contributed by atoms with E-state index in [1.165, 1.54) is 108 Å². The van der Waals surface area contributed by atoms with Crippen molar-refractivity contribution in [3.63, 3.8) is 0 Å². The molecule has 0 unspecified atom stereocenters. The van der Waals surface area contributed by atoms with Crippen LogP contribution in [0.5, 0.6) is 0 Å². The van der Waals surface area contributed by atoms with Crippen LogP contribution in [0, 0.1) is 54.4 Å². The largest absolute Gasteiger partial charge is 0.354 e. The van der Waals surface area contributed by atoms with Crippen LogP contribution in [-0.2, 0) is 0 Å². The molecule has 0 aromatic carbocycles. The van der Waals surface area contributed by atoms with Gasteiger partial charge in [0.15, 0.2) is 57.0 Å². The molecule has 6 saturated carbocycles. The van der Waals surface area contributed by atoms with Gasteiger partial charge in [-0.2, -0.15) is 44.3 Å². The number of aryl methyl sites for hydroxylation is 7. The normalized spacial score (nSPS) is 16.1. The molecule has 0 bridgehead atoms.